The van der Waals surface area contributed by atoms with Crippen LogP contribution in [-0.2, 0) is 20.8 Å². The first-order valence-electron chi connectivity index (χ1n) is 7.65. The van der Waals surface area contributed by atoms with E-state index in [1.165, 1.54) is 17.5 Å². The summed E-state index contributed by atoms with van der Waals surface area (Å²) in [6, 6.07) is 0.320. The number of hydrogen-bond donors (Lipinski definition) is 1. The third-order valence-electron chi connectivity index (χ3n) is 3.46. The molecule has 1 amide bonds. The van der Waals surface area contributed by atoms with Crippen LogP contribution in [0.5, 0.6) is 0 Å². The van der Waals surface area contributed by atoms with E-state index in [0.29, 0.717) is 24.9 Å². The Kier molecular flexibility index (Phi) is 6.13. The lowest BCUT2D eigenvalue weighted by Crippen LogP contribution is -2.35. The number of hydrogen-bond acceptors (Lipinski definition) is 5. The van der Waals surface area contributed by atoms with Crippen LogP contribution in [0, 0.1) is 0 Å². The van der Waals surface area contributed by atoms with E-state index >= 15 is 0 Å². The van der Waals surface area contributed by atoms with Gasteiger partial charge in [-0.25, -0.2) is 4.68 Å². The second-order valence-electron chi connectivity index (χ2n) is 5.13. The Labute approximate surface area is 125 Å². The molecule has 7 nitrogen and oxygen atoms in total. The summed E-state index contributed by atoms with van der Waals surface area (Å²) < 4.78 is 12.4. The molecule has 2 rings (SSSR count). The fourth-order valence-electron chi connectivity index (χ4n) is 2.51. The Morgan fingerprint density at radius 1 is 1.38 bits per heavy atom. The molecule has 0 atom stereocenters. The summed E-state index contributed by atoms with van der Waals surface area (Å²) in [5.74, 6) is -0.0253. The van der Waals surface area contributed by atoms with Crippen molar-refractivity contribution in [1.29, 1.82) is 0 Å². The smallest absolute Gasteiger partial charge is 0.242 e. The minimum atomic E-state index is -0.522. The summed E-state index contributed by atoms with van der Waals surface area (Å²) in [5.41, 5.74) is 0.590. The maximum absolute atomic E-state index is 11.9. The van der Waals surface area contributed by atoms with Crippen molar-refractivity contribution in [2.75, 3.05) is 13.2 Å². The van der Waals surface area contributed by atoms with Crippen molar-refractivity contribution in [1.82, 2.24) is 20.3 Å². The van der Waals surface area contributed by atoms with Crippen LogP contribution >= 0.6 is 0 Å². The molecule has 1 fully saturated rings. The van der Waals surface area contributed by atoms with Gasteiger partial charge in [0.15, 0.2) is 0 Å². The molecule has 0 spiro atoms. The molecule has 0 unspecified atom stereocenters. The van der Waals surface area contributed by atoms with Gasteiger partial charge in [-0.3, -0.25) is 4.79 Å². The van der Waals surface area contributed by atoms with E-state index in [2.05, 4.69) is 15.6 Å². The van der Waals surface area contributed by atoms with E-state index in [4.69, 9.17) is 9.47 Å². The molecule has 0 aromatic carbocycles. The Balaban J connectivity index is 1.87. The zero-order valence-corrected chi connectivity index (χ0v) is 12.7. The van der Waals surface area contributed by atoms with Gasteiger partial charge in [-0.15, -0.1) is 5.10 Å². The predicted molar refractivity (Wildman–Crippen MR) is 76.4 cm³/mol. The fraction of sp³-hybridized carbons (Fsp3) is 0.786. The first-order valence-corrected chi connectivity index (χ1v) is 7.65. The number of aromatic nitrogens is 3. The monoisotopic (exact) mass is 296 g/mol. The van der Waals surface area contributed by atoms with E-state index in [1.54, 1.807) is 6.20 Å². The van der Waals surface area contributed by atoms with Gasteiger partial charge in [0.25, 0.3) is 0 Å². The van der Waals surface area contributed by atoms with E-state index in [9.17, 15) is 4.79 Å². The highest BCUT2D eigenvalue weighted by molar-refractivity contribution is 5.75. The molecule has 1 aromatic rings. The molecule has 118 valence electrons. The molecule has 1 heterocycles. The molecule has 1 aliphatic rings. The van der Waals surface area contributed by atoms with Gasteiger partial charge < -0.3 is 14.8 Å². The normalized spacial score (nSPS) is 15.8. The number of carbonyl (C=O) groups excluding carboxylic acids is 1. The Bertz CT molecular complexity index is 437. The molecule has 1 N–H and O–H groups in total. The highest BCUT2D eigenvalue weighted by Crippen LogP contribution is 2.18. The number of carbonyl (C=O) groups is 1. The molecule has 0 saturated heterocycles. The van der Waals surface area contributed by atoms with Crippen LogP contribution in [0.1, 0.15) is 51.5 Å². The number of rotatable bonds is 8. The number of amides is 1. The van der Waals surface area contributed by atoms with Gasteiger partial charge in [0.2, 0.25) is 12.2 Å². The van der Waals surface area contributed by atoms with Crippen LogP contribution in [0.15, 0.2) is 6.20 Å². The summed E-state index contributed by atoms with van der Waals surface area (Å²) in [6.45, 7) is 5.02. The SMILES string of the molecule is CCOC(OCC)c1cn(CC(=O)NC2CCCC2)nn1. The van der Waals surface area contributed by atoms with Crippen molar-refractivity contribution >= 4 is 5.91 Å². The Morgan fingerprint density at radius 3 is 2.67 bits per heavy atom. The number of ether oxygens (including phenoxy) is 2. The average molecular weight is 296 g/mol. The average Bonchev–Trinajstić information content (AvgIpc) is 3.10. The molecule has 21 heavy (non-hydrogen) atoms. The van der Waals surface area contributed by atoms with E-state index < -0.39 is 6.29 Å². The zero-order valence-electron chi connectivity index (χ0n) is 12.7. The van der Waals surface area contributed by atoms with Gasteiger partial charge in [0.1, 0.15) is 12.2 Å². The van der Waals surface area contributed by atoms with E-state index in [1.807, 2.05) is 13.8 Å². The van der Waals surface area contributed by atoms with Gasteiger partial charge in [-0.1, -0.05) is 18.1 Å². The van der Waals surface area contributed by atoms with Crippen molar-refractivity contribution in [2.45, 2.75) is 58.4 Å². The lowest BCUT2D eigenvalue weighted by atomic mass is 10.2. The van der Waals surface area contributed by atoms with Gasteiger partial charge in [-0.05, 0) is 26.7 Å². The molecule has 1 aliphatic carbocycles. The van der Waals surface area contributed by atoms with Crippen molar-refractivity contribution in [3.05, 3.63) is 11.9 Å². The van der Waals surface area contributed by atoms with Crippen molar-refractivity contribution in [3.8, 4) is 0 Å². The Morgan fingerprint density at radius 2 is 2.05 bits per heavy atom. The molecule has 0 aliphatic heterocycles. The van der Waals surface area contributed by atoms with Crippen molar-refractivity contribution in [2.24, 2.45) is 0 Å². The largest absolute Gasteiger partial charge is 0.352 e. The maximum atomic E-state index is 11.9. The van der Waals surface area contributed by atoms with Crippen LogP contribution < -0.4 is 5.32 Å². The second kappa shape index (κ2) is 8.09. The number of nitrogens with zero attached hydrogens (tertiary/aromatic N) is 3. The quantitative estimate of drug-likeness (QED) is 0.734. The molecule has 1 aromatic heterocycles. The van der Waals surface area contributed by atoms with Gasteiger partial charge in [0.05, 0.1) is 6.20 Å². The molecular formula is C14H24N4O3. The third-order valence-corrected chi connectivity index (χ3v) is 3.46. The zero-order chi connectivity index (χ0) is 15.1. The van der Waals surface area contributed by atoms with Crippen molar-refractivity contribution in [3.63, 3.8) is 0 Å². The number of nitrogens with one attached hydrogen (secondary N) is 1. The fourth-order valence-corrected chi connectivity index (χ4v) is 2.51. The topological polar surface area (TPSA) is 78.3 Å². The minimum absolute atomic E-state index is 0.0253. The standard InChI is InChI=1S/C14H24N4O3/c1-3-20-14(21-4-2)12-9-18(17-16-12)10-13(19)15-11-7-5-6-8-11/h9,11,14H,3-8,10H2,1-2H3,(H,15,19). The van der Waals surface area contributed by atoms with Crippen molar-refractivity contribution < 1.29 is 14.3 Å². The second-order valence-corrected chi connectivity index (χ2v) is 5.13. The Hall–Kier alpha value is -1.47. The van der Waals surface area contributed by atoms with E-state index in [-0.39, 0.29) is 12.5 Å². The van der Waals surface area contributed by atoms with Crippen LogP contribution in [-0.4, -0.2) is 40.2 Å². The third kappa shape index (κ3) is 4.78. The highest BCUT2D eigenvalue weighted by Gasteiger charge is 2.19. The first-order chi connectivity index (χ1) is 10.2. The summed E-state index contributed by atoms with van der Waals surface area (Å²) in [5, 5.41) is 11.0. The predicted octanol–water partition coefficient (Wildman–Crippen LogP) is 1.41. The summed E-state index contributed by atoms with van der Waals surface area (Å²) in [7, 11) is 0. The summed E-state index contributed by atoms with van der Waals surface area (Å²) in [4.78, 5) is 11.9. The van der Waals surface area contributed by atoms with E-state index in [0.717, 1.165) is 12.8 Å². The lowest BCUT2D eigenvalue weighted by molar-refractivity contribution is -0.142. The first kappa shape index (κ1) is 15.9. The van der Waals surface area contributed by atoms with Gasteiger partial charge >= 0.3 is 0 Å². The van der Waals surface area contributed by atoms with Crippen LogP contribution in [0.4, 0.5) is 0 Å². The van der Waals surface area contributed by atoms with Crippen LogP contribution in [0.25, 0.3) is 0 Å². The van der Waals surface area contributed by atoms with Crippen LogP contribution in [0.3, 0.4) is 0 Å². The molecule has 0 bridgehead atoms. The van der Waals surface area contributed by atoms with Gasteiger partial charge in [0, 0.05) is 19.3 Å². The van der Waals surface area contributed by atoms with Gasteiger partial charge in [-0.2, -0.15) is 0 Å². The summed E-state index contributed by atoms with van der Waals surface area (Å²) >= 11 is 0. The lowest BCUT2D eigenvalue weighted by Gasteiger charge is -2.13. The summed E-state index contributed by atoms with van der Waals surface area (Å²) in [6.07, 6.45) is 5.72. The molecule has 1 saturated carbocycles. The minimum Gasteiger partial charge on any atom is -0.352 e. The molecular weight excluding hydrogens is 272 g/mol. The van der Waals surface area contributed by atoms with Crippen LogP contribution in [0.2, 0.25) is 0 Å². The molecule has 0 radical (unpaired) electrons. The molecule has 7 heteroatoms. The highest BCUT2D eigenvalue weighted by atomic mass is 16.7. The maximum Gasteiger partial charge on any atom is 0.242 e.